The molecule has 9 heteroatoms. The number of fused-ring (bicyclic) bond motifs is 1. The third kappa shape index (κ3) is 4.24. The number of carbonyl (C=O) groups excluding carboxylic acids is 1. The fourth-order valence-corrected chi connectivity index (χ4v) is 3.83. The number of nitrogens with zero attached hydrogens (tertiary/aromatic N) is 1. The predicted molar refractivity (Wildman–Crippen MR) is 102 cm³/mol. The van der Waals surface area contributed by atoms with E-state index >= 15 is 0 Å². The van der Waals surface area contributed by atoms with Gasteiger partial charge in [-0.1, -0.05) is 30.8 Å². The van der Waals surface area contributed by atoms with Crippen LogP contribution in [0.25, 0.3) is 11.0 Å². The Bertz CT molecular complexity index is 997. The number of amides is 1. The topological polar surface area (TPSA) is 118 Å². The molecule has 3 rings (SSSR count). The highest BCUT2D eigenvalue weighted by Crippen LogP contribution is 2.26. The van der Waals surface area contributed by atoms with Crippen LogP contribution in [0.4, 0.5) is 5.69 Å². The van der Waals surface area contributed by atoms with Gasteiger partial charge in [0.1, 0.15) is 0 Å². The number of primary sulfonamides is 1. The van der Waals surface area contributed by atoms with Crippen LogP contribution >= 0.6 is 11.8 Å². The van der Waals surface area contributed by atoms with Crippen LogP contribution in [0.15, 0.2) is 58.6 Å². The van der Waals surface area contributed by atoms with Crippen LogP contribution < -0.4 is 10.5 Å². The Kier molecular flexibility index (Phi) is 5.30. The highest BCUT2D eigenvalue weighted by molar-refractivity contribution is 8.00. The number of nitrogens with two attached hydrogens (primary N) is 1. The number of sulfonamides is 1. The highest BCUT2D eigenvalue weighted by atomic mass is 32.2. The fraction of sp³-hybridized carbons (Fsp3) is 0.176. The van der Waals surface area contributed by atoms with Crippen molar-refractivity contribution in [2.45, 2.75) is 28.6 Å². The summed E-state index contributed by atoms with van der Waals surface area (Å²) in [5, 5.41) is 8.19. The number of benzene rings is 2. The lowest BCUT2D eigenvalue weighted by molar-refractivity contribution is -0.115. The van der Waals surface area contributed by atoms with E-state index in [4.69, 9.17) is 5.14 Å². The van der Waals surface area contributed by atoms with Gasteiger partial charge in [-0.3, -0.25) is 4.79 Å². The molecule has 0 spiro atoms. The average molecular weight is 390 g/mol. The van der Waals surface area contributed by atoms with E-state index in [1.807, 2.05) is 31.2 Å². The molecule has 136 valence electrons. The zero-order chi connectivity index (χ0) is 18.7. The van der Waals surface area contributed by atoms with Crippen molar-refractivity contribution in [2.24, 2.45) is 5.14 Å². The van der Waals surface area contributed by atoms with Crippen molar-refractivity contribution in [2.75, 3.05) is 5.32 Å². The summed E-state index contributed by atoms with van der Waals surface area (Å²) >= 11 is 1.35. The second kappa shape index (κ2) is 7.48. The molecule has 0 aliphatic rings. The number of hydrogen-bond acceptors (Lipinski definition) is 5. The van der Waals surface area contributed by atoms with Crippen molar-refractivity contribution in [3.8, 4) is 0 Å². The van der Waals surface area contributed by atoms with Gasteiger partial charge in [-0.15, -0.1) is 0 Å². The van der Waals surface area contributed by atoms with Gasteiger partial charge in [0.25, 0.3) is 0 Å². The molecule has 0 aliphatic carbocycles. The van der Waals surface area contributed by atoms with Crippen molar-refractivity contribution in [1.29, 1.82) is 0 Å². The number of imidazole rings is 1. The third-order valence-corrected chi connectivity index (χ3v) is 5.91. The number of aromatic amines is 1. The number of rotatable bonds is 6. The lowest BCUT2D eigenvalue weighted by atomic mass is 10.3. The SMILES string of the molecule is CCC(Sc1nc2ccccc2[nH]1)C(=O)Nc1ccc(S(N)(=O)=O)cc1. The van der Waals surface area contributed by atoms with Gasteiger partial charge in [0, 0.05) is 5.69 Å². The summed E-state index contributed by atoms with van der Waals surface area (Å²) in [6.07, 6.45) is 0.614. The normalized spacial score (nSPS) is 12.8. The number of nitrogens with one attached hydrogen (secondary N) is 2. The van der Waals surface area contributed by atoms with Crippen LogP contribution in [0.1, 0.15) is 13.3 Å². The third-order valence-electron chi connectivity index (χ3n) is 3.74. The van der Waals surface area contributed by atoms with Gasteiger partial charge in [0.05, 0.1) is 21.2 Å². The lowest BCUT2D eigenvalue weighted by Gasteiger charge is -2.13. The Morgan fingerprint density at radius 1 is 1.23 bits per heavy atom. The molecule has 1 aromatic heterocycles. The van der Waals surface area contributed by atoms with Gasteiger partial charge in [-0.05, 0) is 42.8 Å². The minimum Gasteiger partial charge on any atom is -0.333 e. The molecule has 0 aliphatic heterocycles. The molecule has 1 unspecified atom stereocenters. The summed E-state index contributed by atoms with van der Waals surface area (Å²) in [5.74, 6) is -0.179. The van der Waals surface area contributed by atoms with Gasteiger partial charge in [0.2, 0.25) is 15.9 Å². The largest absolute Gasteiger partial charge is 0.333 e. The quantitative estimate of drug-likeness (QED) is 0.559. The maximum atomic E-state index is 12.5. The Morgan fingerprint density at radius 3 is 2.54 bits per heavy atom. The molecule has 0 radical (unpaired) electrons. The van der Waals surface area contributed by atoms with Crippen molar-refractivity contribution < 1.29 is 13.2 Å². The molecule has 2 aromatic carbocycles. The summed E-state index contributed by atoms with van der Waals surface area (Å²) < 4.78 is 22.5. The molecule has 3 aromatic rings. The Hall–Kier alpha value is -2.36. The first-order valence-electron chi connectivity index (χ1n) is 7.92. The van der Waals surface area contributed by atoms with E-state index in [2.05, 4.69) is 15.3 Å². The zero-order valence-corrected chi connectivity index (χ0v) is 15.6. The van der Waals surface area contributed by atoms with Crippen LogP contribution in [-0.4, -0.2) is 29.5 Å². The van der Waals surface area contributed by atoms with Gasteiger partial charge < -0.3 is 10.3 Å². The molecule has 1 atom stereocenters. The summed E-state index contributed by atoms with van der Waals surface area (Å²) in [6, 6.07) is 13.4. The van der Waals surface area contributed by atoms with Crippen molar-refractivity contribution in [1.82, 2.24) is 9.97 Å². The van der Waals surface area contributed by atoms with E-state index in [9.17, 15) is 13.2 Å². The highest BCUT2D eigenvalue weighted by Gasteiger charge is 2.20. The molecule has 1 amide bonds. The second-order valence-electron chi connectivity index (χ2n) is 5.63. The minimum atomic E-state index is -3.75. The monoisotopic (exact) mass is 390 g/mol. The van der Waals surface area contributed by atoms with Crippen LogP contribution in [0.3, 0.4) is 0 Å². The van der Waals surface area contributed by atoms with Crippen LogP contribution in [0.2, 0.25) is 0 Å². The number of hydrogen-bond donors (Lipinski definition) is 3. The first kappa shape index (κ1) is 18.4. The van der Waals surface area contributed by atoms with E-state index in [0.29, 0.717) is 17.3 Å². The molecule has 0 fully saturated rings. The summed E-state index contributed by atoms with van der Waals surface area (Å²) in [4.78, 5) is 20.2. The van der Waals surface area contributed by atoms with Crippen molar-refractivity contribution in [3.63, 3.8) is 0 Å². The van der Waals surface area contributed by atoms with E-state index in [-0.39, 0.29) is 16.1 Å². The molecule has 26 heavy (non-hydrogen) atoms. The first-order valence-corrected chi connectivity index (χ1v) is 10.3. The molecular weight excluding hydrogens is 372 g/mol. The summed E-state index contributed by atoms with van der Waals surface area (Å²) in [5.41, 5.74) is 2.28. The minimum absolute atomic E-state index is 0.000749. The van der Waals surface area contributed by atoms with Crippen LogP contribution in [0.5, 0.6) is 0 Å². The van der Waals surface area contributed by atoms with Gasteiger partial charge >= 0.3 is 0 Å². The van der Waals surface area contributed by atoms with Gasteiger partial charge in [-0.2, -0.15) is 0 Å². The van der Waals surface area contributed by atoms with Crippen LogP contribution in [-0.2, 0) is 14.8 Å². The molecule has 0 saturated carbocycles. The standard InChI is InChI=1S/C17H18N4O3S2/c1-2-15(25-17-20-13-5-3-4-6-14(13)21-17)16(22)19-11-7-9-12(10-8-11)26(18,23)24/h3-10,15H,2H2,1H3,(H,19,22)(H,20,21)(H2,18,23,24). The fourth-order valence-electron chi connectivity index (χ4n) is 2.39. The number of thioether (sulfide) groups is 1. The molecule has 4 N–H and O–H groups in total. The van der Waals surface area contributed by atoms with E-state index < -0.39 is 10.0 Å². The first-order chi connectivity index (χ1) is 12.4. The number of H-pyrrole nitrogens is 1. The zero-order valence-electron chi connectivity index (χ0n) is 14.0. The molecule has 1 heterocycles. The van der Waals surface area contributed by atoms with Gasteiger partial charge in [0.15, 0.2) is 5.16 Å². The average Bonchev–Trinajstić information content (AvgIpc) is 3.01. The number of anilines is 1. The number of carbonyl (C=O) groups is 1. The Labute approximate surface area is 155 Å². The maximum absolute atomic E-state index is 12.5. The predicted octanol–water partition coefficient (Wildman–Crippen LogP) is 2.72. The molecule has 0 saturated heterocycles. The Morgan fingerprint density at radius 2 is 1.92 bits per heavy atom. The summed E-state index contributed by atoms with van der Waals surface area (Å²) in [6.45, 7) is 1.92. The van der Waals surface area contributed by atoms with E-state index in [0.717, 1.165) is 11.0 Å². The molecule has 0 bridgehead atoms. The smallest absolute Gasteiger partial charge is 0.238 e. The molecular formula is C17H18N4O3S2. The van der Waals surface area contributed by atoms with Gasteiger partial charge in [-0.25, -0.2) is 18.5 Å². The van der Waals surface area contributed by atoms with Crippen molar-refractivity contribution in [3.05, 3.63) is 48.5 Å². The molecule has 7 nitrogen and oxygen atoms in total. The summed E-state index contributed by atoms with van der Waals surface area (Å²) in [7, 11) is -3.75. The van der Waals surface area contributed by atoms with E-state index in [1.54, 1.807) is 0 Å². The number of para-hydroxylation sites is 2. The second-order valence-corrected chi connectivity index (χ2v) is 8.39. The van der Waals surface area contributed by atoms with Crippen LogP contribution in [0, 0.1) is 0 Å². The maximum Gasteiger partial charge on any atom is 0.238 e. The lowest BCUT2D eigenvalue weighted by Crippen LogP contribution is -2.24. The van der Waals surface area contributed by atoms with E-state index in [1.165, 1.54) is 36.0 Å². The Balaban J connectivity index is 1.70. The van der Waals surface area contributed by atoms with Crippen molar-refractivity contribution >= 4 is 44.4 Å². The number of aromatic nitrogens is 2.